The zero-order valence-electron chi connectivity index (χ0n) is 11.4. The van der Waals surface area contributed by atoms with Gasteiger partial charge in [-0.05, 0) is 18.6 Å². The van der Waals surface area contributed by atoms with Crippen molar-refractivity contribution in [1.29, 1.82) is 0 Å². The summed E-state index contributed by atoms with van der Waals surface area (Å²) in [6.07, 6.45) is 1.90. The molecule has 6 nitrogen and oxygen atoms in total. The third-order valence-electron chi connectivity index (χ3n) is 2.72. The summed E-state index contributed by atoms with van der Waals surface area (Å²) in [6.45, 7) is 1.96. The van der Waals surface area contributed by atoms with Crippen molar-refractivity contribution in [3.8, 4) is 0 Å². The molecule has 1 rings (SSSR count). The Morgan fingerprint density at radius 3 is 2.55 bits per heavy atom. The number of carboxylic acid groups (broad SMARTS) is 1. The first-order valence-corrected chi connectivity index (χ1v) is 6.25. The van der Waals surface area contributed by atoms with E-state index in [0.29, 0.717) is 6.42 Å². The van der Waals surface area contributed by atoms with E-state index >= 15 is 0 Å². The number of ether oxygens (including phenoxy) is 1. The fraction of sp³-hybridized carbons (Fsp3) is 0.357. The first kappa shape index (κ1) is 15.7. The van der Waals surface area contributed by atoms with E-state index in [0.717, 1.165) is 20.0 Å². The number of rotatable bonds is 6. The number of nitrogens with one attached hydrogen (secondary N) is 1. The number of hydrogen-bond donors (Lipinski definition) is 2. The van der Waals surface area contributed by atoms with Crippen LogP contribution < -0.4 is 5.32 Å². The molecule has 0 saturated heterocycles. The van der Waals surface area contributed by atoms with Gasteiger partial charge in [-0.25, -0.2) is 9.59 Å². The van der Waals surface area contributed by atoms with Crippen LogP contribution in [0.25, 0.3) is 0 Å². The molecule has 0 bridgehead atoms. The lowest BCUT2D eigenvalue weighted by Crippen LogP contribution is -2.18. The lowest BCUT2D eigenvalue weighted by Gasteiger charge is -2.11. The zero-order valence-corrected chi connectivity index (χ0v) is 11.4. The van der Waals surface area contributed by atoms with Crippen LogP contribution in [0.2, 0.25) is 0 Å². The van der Waals surface area contributed by atoms with Crippen LogP contribution in [0.4, 0.5) is 5.69 Å². The molecular weight excluding hydrogens is 262 g/mol. The number of hydrogen-bond acceptors (Lipinski definition) is 4. The van der Waals surface area contributed by atoms with Crippen molar-refractivity contribution < 1.29 is 24.2 Å². The average Bonchev–Trinajstić information content (AvgIpc) is 2.43. The topological polar surface area (TPSA) is 92.7 Å². The first-order chi connectivity index (χ1) is 9.51. The van der Waals surface area contributed by atoms with Gasteiger partial charge in [-0.3, -0.25) is 4.79 Å². The standard InChI is InChI=1S/C14H17NO5/c1-3-4-8-11(16)15-10-7-5-6-9(13(17)18)12(10)14(19)20-2/h5-7H,3-4,8H2,1-2H3,(H,15,16)(H,17,18). The maximum atomic E-state index is 11.7. The Balaban J connectivity index is 3.12. The molecule has 0 aliphatic carbocycles. The second-order valence-corrected chi connectivity index (χ2v) is 4.18. The fourth-order valence-corrected chi connectivity index (χ4v) is 1.71. The molecule has 0 aliphatic heterocycles. The van der Waals surface area contributed by atoms with Crippen molar-refractivity contribution in [3.63, 3.8) is 0 Å². The highest BCUT2D eigenvalue weighted by molar-refractivity contribution is 6.08. The van der Waals surface area contributed by atoms with Gasteiger partial charge >= 0.3 is 11.9 Å². The molecule has 2 N–H and O–H groups in total. The zero-order chi connectivity index (χ0) is 15.1. The second kappa shape index (κ2) is 7.28. The van der Waals surface area contributed by atoms with Gasteiger partial charge in [0, 0.05) is 6.42 Å². The molecule has 0 aliphatic rings. The third kappa shape index (κ3) is 3.81. The van der Waals surface area contributed by atoms with E-state index < -0.39 is 11.9 Å². The quantitative estimate of drug-likeness (QED) is 0.779. The maximum absolute atomic E-state index is 11.7. The lowest BCUT2D eigenvalue weighted by molar-refractivity contribution is -0.116. The fourth-order valence-electron chi connectivity index (χ4n) is 1.71. The number of carbonyl (C=O) groups is 3. The third-order valence-corrected chi connectivity index (χ3v) is 2.72. The molecule has 0 aromatic heterocycles. The average molecular weight is 279 g/mol. The molecule has 0 unspecified atom stereocenters. The number of aromatic carboxylic acids is 1. The summed E-state index contributed by atoms with van der Waals surface area (Å²) in [6, 6.07) is 4.23. The molecule has 1 amide bonds. The van der Waals surface area contributed by atoms with E-state index in [1.807, 2.05) is 6.92 Å². The Hall–Kier alpha value is -2.37. The second-order valence-electron chi connectivity index (χ2n) is 4.18. The monoisotopic (exact) mass is 279 g/mol. The highest BCUT2D eigenvalue weighted by Gasteiger charge is 2.22. The van der Waals surface area contributed by atoms with Crippen LogP contribution in [-0.4, -0.2) is 30.1 Å². The Morgan fingerprint density at radius 2 is 2.00 bits per heavy atom. The number of unbranched alkanes of at least 4 members (excludes halogenated alkanes) is 1. The van der Waals surface area contributed by atoms with Crippen molar-refractivity contribution in [2.24, 2.45) is 0 Å². The molecule has 6 heteroatoms. The van der Waals surface area contributed by atoms with Crippen molar-refractivity contribution in [2.75, 3.05) is 12.4 Å². The summed E-state index contributed by atoms with van der Waals surface area (Å²) in [7, 11) is 1.16. The Morgan fingerprint density at radius 1 is 1.30 bits per heavy atom. The minimum atomic E-state index is -1.25. The van der Waals surface area contributed by atoms with Crippen LogP contribution in [-0.2, 0) is 9.53 Å². The van der Waals surface area contributed by atoms with Gasteiger partial charge in [0.1, 0.15) is 0 Å². The summed E-state index contributed by atoms with van der Waals surface area (Å²) in [5, 5.41) is 11.6. The van der Waals surface area contributed by atoms with Crippen molar-refractivity contribution in [1.82, 2.24) is 0 Å². The van der Waals surface area contributed by atoms with Crippen molar-refractivity contribution in [2.45, 2.75) is 26.2 Å². The van der Waals surface area contributed by atoms with E-state index in [-0.39, 0.29) is 22.7 Å². The van der Waals surface area contributed by atoms with Crippen molar-refractivity contribution in [3.05, 3.63) is 29.3 Å². The molecule has 0 heterocycles. The molecule has 0 atom stereocenters. The number of esters is 1. The van der Waals surface area contributed by atoms with Crippen LogP contribution in [0, 0.1) is 0 Å². The van der Waals surface area contributed by atoms with Gasteiger partial charge in [0.25, 0.3) is 0 Å². The molecule has 0 radical (unpaired) electrons. The number of carbonyl (C=O) groups excluding carboxylic acids is 2. The predicted molar refractivity (Wildman–Crippen MR) is 72.9 cm³/mol. The van der Waals surface area contributed by atoms with Gasteiger partial charge in [-0.15, -0.1) is 0 Å². The van der Waals surface area contributed by atoms with Crippen LogP contribution in [0.3, 0.4) is 0 Å². The number of carboxylic acids is 1. The van der Waals surface area contributed by atoms with E-state index in [2.05, 4.69) is 10.1 Å². The minimum Gasteiger partial charge on any atom is -0.478 e. The Labute approximate surface area is 116 Å². The summed E-state index contributed by atoms with van der Waals surface area (Å²) in [5.74, 6) is -2.32. The van der Waals surface area contributed by atoms with Gasteiger partial charge in [-0.1, -0.05) is 19.4 Å². The molecule has 1 aromatic carbocycles. The smallest absolute Gasteiger partial charge is 0.340 e. The molecule has 108 valence electrons. The predicted octanol–water partition coefficient (Wildman–Crippen LogP) is 2.30. The summed E-state index contributed by atoms with van der Waals surface area (Å²) < 4.78 is 4.58. The largest absolute Gasteiger partial charge is 0.478 e. The summed E-state index contributed by atoms with van der Waals surface area (Å²) in [4.78, 5) is 34.6. The van der Waals surface area contributed by atoms with Gasteiger partial charge in [0.15, 0.2) is 0 Å². The highest BCUT2D eigenvalue weighted by atomic mass is 16.5. The van der Waals surface area contributed by atoms with Gasteiger partial charge in [-0.2, -0.15) is 0 Å². The van der Waals surface area contributed by atoms with E-state index in [9.17, 15) is 14.4 Å². The van der Waals surface area contributed by atoms with E-state index in [4.69, 9.17) is 5.11 Å². The molecule has 0 spiro atoms. The van der Waals surface area contributed by atoms with Crippen molar-refractivity contribution >= 4 is 23.5 Å². The minimum absolute atomic E-state index is 0.146. The van der Waals surface area contributed by atoms with Crippen LogP contribution in [0.1, 0.15) is 46.9 Å². The van der Waals surface area contributed by atoms with Gasteiger partial charge in [0.2, 0.25) is 5.91 Å². The number of methoxy groups -OCH3 is 1. The normalized spacial score (nSPS) is 9.90. The Bertz CT molecular complexity index is 524. The molecule has 1 aromatic rings. The summed E-state index contributed by atoms with van der Waals surface area (Å²) in [5.41, 5.74) is -0.199. The van der Waals surface area contributed by atoms with Crippen LogP contribution in [0.5, 0.6) is 0 Å². The van der Waals surface area contributed by atoms with E-state index in [1.165, 1.54) is 18.2 Å². The maximum Gasteiger partial charge on any atom is 0.340 e. The molecular formula is C14H17NO5. The van der Waals surface area contributed by atoms with Gasteiger partial charge < -0.3 is 15.2 Å². The number of anilines is 1. The van der Waals surface area contributed by atoms with E-state index in [1.54, 1.807) is 0 Å². The first-order valence-electron chi connectivity index (χ1n) is 6.25. The molecule has 20 heavy (non-hydrogen) atoms. The highest BCUT2D eigenvalue weighted by Crippen LogP contribution is 2.21. The number of amides is 1. The molecule has 0 saturated carbocycles. The van der Waals surface area contributed by atoms with Crippen LogP contribution >= 0.6 is 0 Å². The van der Waals surface area contributed by atoms with Crippen LogP contribution in [0.15, 0.2) is 18.2 Å². The molecule has 0 fully saturated rings. The SMILES string of the molecule is CCCCC(=O)Nc1cccc(C(=O)O)c1C(=O)OC. The number of benzene rings is 1. The summed E-state index contributed by atoms with van der Waals surface area (Å²) >= 11 is 0. The van der Waals surface area contributed by atoms with Gasteiger partial charge in [0.05, 0.1) is 23.9 Å². The lowest BCUT2D eigenvalue weighted by atomic mass is 10.0. The Kier molecular flexibility index (Phi) is 5.71.